The van der Waals surface area contributed by atoms with Crippen LogP contribution in [0.5, 0.6) is 5.75 Å². The van der Waals surface area contributed by atoms with Gasteiger partial charge < -0.3 is 19.5 Å². The molecular weight excluding hydrogens is 382 g/mol. The average Bonchev–Trinajstić information content (AvgIpc) is 2.69. The van der Waals surface area contributed by atoms with Gasteiger partial charge >= 0.3 is 12.1 Å². The van der Waals surface area contributed by atoms with Gasteiger partial charge in [-0.15, -0.1) is 0 Å². The summed E-state index contributed by atoms with van der Waals surface area (Å²) in [6.45, 7) is 10.3. The van der Waals surface area contributed by atoms with Crippen LogP contribution in [0.4, 0.5) is 4.79 Å². The van der Waals surface area contributed by atoms with Crippen LogP contribution in [-0.4, -0.2) is 31.4 Å². The summed E-state index contributed by atoms with van der Waals surface area (Å²) in [6, 6.07) is 11.3. The van der Waals surface area contributed by atoms with Crippen molar-refractivity contribution in [3.8, 4) is 16.9 Å². The Balaban J connectivity index is 2.35. The molecule has 162 valence electrons. The van der Waals surface area contributed by atoms with E-state index < -0.39 is 11.7 Å². The van der Waals surface area contributed by atoms with Crippen molar-refractivity contribution in [1.82, 2.24) is 5.32 Å². The number of aryl methyl sites for hydroxylation is 1. The number of methoxy groups -OCH3 is 1. The van der Waals surface area contributed by atoms with Gasteiger partial charge in [-0.1, -0.05) is 19.1 Å². The molecule has 2 aromatic rings. The summed E-state index contributed by atoms with van der Waals surface area (Å²) in [5.74, 6) is 0.324. The SMILES string of the molecule is CCCOc1ccc(-c2cc(C(=O)OC)ccc2C)cc1CNC(=O)OC(C)(C)C. The molecule has 0 unspecified atom stereocenters. The van der Waals surface area contributed by atoms with Crippen LogP contribution in [0.2, 0.25) is 0 Å². The van der Waals surface area contributed by atoms with Crippen molar-refractivity contribution in [1.29, 1.82) is 0 Å². The topological polar surface area (TPSA) is 73.9 Å². The largest absolute Gasteiger partial charge is 0.493 e. The van der Waals surface area contributed by atoms with Gasteiger partial charge in [-0.25, -0.2) is 9.59 Å². The van der Waals surface area contributed by atoms with Crippen LogP contribution in [0, 0.1) is 6.92 Å². The molecule has 0 heterocycles. The van der Waals surface area contributed by atoms with Crippen LogP contribution in [0.15, 0.2) is 36.4 Å². The lowest BCUT2D eigenvalue weighted by atomic mass is 9.96. The van der Waals surface area contributed by atoms with Crippen LogP contribution in [0.25, 0.3) is 11.1 Å². The van der Waals surface area contributed by atoms with Gasteiger partial charge in [0.15, 0.2) is 0 Å². The number of carbonyl (C=O) groups is 2. The molecule has 1 N–H and O–H groups in total. The minimum Gasteiger partial charge on any atom is -0.493 e. The predicted molar refractivity (Wildman–Crippen MR) is 117 cm³/mol. The Morgan fingerprint density at radius 2 is 1.80 bits per heavy atom. The number of amides is 1. The van der Waals surface area contributed by atoms with E-state index >= 15 is 0 Å². The van der Waals surface area contributed by atoms with E-state index in [1.54, 1.807) is 6.07 Å². The minimum atomic E-state index is -0.571. The standard InChI is InChI=1S/C24H31NO5/c1-7-12-29-21-11-10-17(13-19(21)15-25-23(27)30-24(3,4)5)20-14-18(22(26)28-6)9-8-16(20)2/h8-11,13-14H,7,12,15H2,1-6H3,(H,25,27). The molecule has 0 radical (unpaired) electrons. The molecule has 0 aliphatic rings. The van der Waals surface area contributed by atoms with E-state index in [4.69, 9.17) is 14.2 Å². The van der Waals surface area contributed by atoms with Crippen molar-refractivity contribution in [3.63, 3.8) is 0 Å². The van der Waals surface area contributed by atoms with Gasteiger partial charge in [-0.05, 0) is 75.1 Å². The molecule has 30 heavy (non-hydrogen) atoms. The molecule has 6 nitrogen and oxygen atoms in total. The number of rotatable bonds is 7. The molecule has 2 aromatic carbocycles. The highest BCUT2D eigenvalue weighted by Gasteiger charge is 2.17. The minimum absolute atomic E-state index is 0.261. The smallest absolute Gasteiger partial charge is 0.407 e. The van der Waals surface area contributed by atoms with Gasteiger partial charge in [0.2, 0.25) is 0 Å². The molecule has 0 aromatic heterocycles. The Labute approximate surface area is 178 Å². The number of nitrogens with one attached hydrogen (secondary N) is 1. The molecule has 0 aliphatic carbocycles. The number of esters is 1. The molecule has 0 saturated carbocycles. The molecule has 0 bridgehead atoms. The van der Waals surface area contributed by atoms with Crippen molar-refractivity contribution in [2.45, 2.75) is 53.2 Å². The first kappa shape index (κ1) is 23.3. The Kier molecular flexibility index (Phi) is 7.86. The highest BCUT2D eigenvalue weighted by atomic mass is 16.6. The zero-order valence-electron chi connectivity index (χ0n) is 18.6. The molecule has 2 rings (SSSR count). The van der Waals surface area contributed by atoms with Gasteiger partial charge in [-0.3, -0.25) is 0 Å². The molecule has 0 fully saturated rings. The van der Waals surface area contributed by atoms with Crippen molar-refractivity contribution in [3.05, 3.63) is 53.1 Å². The quantitative estimate of drug-likeness (QED) is 0.627. The van der Waals surface area contributed by atoms with E-state index in [1.165, 1.54) is 7.11 Å². The number of hydrogen-bond donors (Lipinski definition) is 1. The summed E-state index contributed by atoms with van der Waals surface area (Å²) < 4.78 is 16.0. The molecule has 1 amide bonds. The van der Waals surface area contributed by atoms with E-state index in [9.17, 15) is 9.59 Å². The normalized spacial score (nSPS) is 11.0. The van der Waals surface area contributed by atoms with E-state index in [0.29, 0.717) is 17.9 Å². The highest BCUT2D eigenvalue weighted by molar-refractivity contribution is 5.91. The number of benzene rings is 2. The number of alkyl carbamates (subject to hydrolysis) is 1. The third kappa shape index (κ3) is 6.51. The van der Waals surface area contributed by atoms with E-state index in [0.717, 1.165) is 28.7 Å². The maximum Gasteiger partial charge on any atom is 0.407 e. The molecule has 0 spiro atoms. The van der Waals surface area contributed by atoms with Gasteiger partial charge in [0.05, 0.1) is 19.3 Å². The fraction of sp³-hybridized carbons (Fsp3) is 0.417. The second kappa shape index (κ2) is 10.1. The third-order valence-corrected chi connectivity index (χ3v) is 4.31. The van der Waals surface area contributed by atoms with Crippen molar-refractivity contribution in [2.24, 2.45) is 0 Å². The van der Waals surface area contributed by atoms with Crippen molar-refractivity contribution >= 4 is 12.1 Å². The zero-order chi connectivity index (χ0) is 22.3. The second-order valence-corrected chi connectivity index (χ2v) is 8.05. The zero-order valence-corrected chi connectivity index (χ0v) is 18.6. The van der Waals surface area contributed by atoms with Gasteiger partial charge in [0.25, 0.3) is 0 Å². The van der Waals surface area contributed by atoms with Crippen LogP contribution < -0.4 is 10.1 Å². The summed E-state index contributed by atoms with van der Waals surface area (Å²) >= 11 is 0. The monoisotopic (exact) mass is 413 g/mol. The number of hydrogen-bond acceptors (Lipinski definition) is 5. The van der Waals surface area contributed by atoms with E-state index in [-0.39, 0.29) is 12.5 Å². The van der Waals surface area contributed by atoms with Gasteiger partial charge in [0, 0.05) is 12.1 Å². The Morgan fingerprint density at radius 1 is 1.07 bits per heavy atom. The van der Waals surface area contributed by atoms with E-state index in [1.807, 2.05) is 65.0 Å². The molecule has 0 aliphatic heterocycles. The summed E-state index contributed by atoms with van der Waals surface area (Å²) in [7, 11) is 1.36. The predicted octanol–water partition coefficient (Wildman–Crippen LogP) is 5.26. The molecular formula is C24H31NO5. The summed E-state index contributed by atoms with van der Waals surface area (Å²) in [4.78, 5) is 24.0. The summed E-state index contributed by atoms with van der Waals surface area (Å²) in [6.07, 6.45) is 0.388. The Morgan fingerprint density at radius 3 is 2.43 bits per heavy atom. The van der Waals surface area contributed by atoms with Crippen LogP contribution in [-0.2, 0) is 16.0 Å². The third-order valence-electron chi connectivity index (χ3n) is 4.31. The van der Waals surface area contributed by atoms with Gasteiger partial charge in [0.1, 0.15) is 11.4 Å². The first-order valence-electron chi connectivity index (χ1n) is 10.1. The van der Waals surface area contributed by atoms with Gasteiger partial charge in [-0.2, -0.15) is 0 Å². The summed E-state index contributed by atoms with van der Waals surface area (Å²) in [5, 5.41) is 2.79. The van der Waals surface area contributed by atoms with E-state index in [2.05, 4.69) is 5.32 Å². The van der Waals surface area contributed by atoms with Crippen molar-refractivity contribution in [2.75, 3.05) is 13.7 Å². The molecule has 0 atom stereocenters. The Bertz CT molecular complexity index is 899. The fourth-order valence-corrected chi connectivity index (χ4v) is 2.90. The molecule has 0 saturated heterocycles. The van der Waals surface area contributed by atoms with Crippen LogP contribution >= 0.6 is 0 Å². The number of carbonyl (C=O) groups excluding carboxylic acids is 2. The second-order valence-electron chi connectivity index (χ2n) is 8.05. The first-order valence-corrected chi connectivity index (χ1v) is 10.1. The first-order chi connectivity index (χ1) is 14.1. The maximum atomic E-state index is 12.1. The lowest BCUT2D eigenvalue weighted by molar-refractivity contribution is 0.0522. The lowest BCUT2D eigenvalue weighted by Crippen LogP contribution is -2.32. The maximum absolute atomic E-state index is 12.1. The Hall–Kier alpha value is -3.02. The average molecular weight is 414 g/mol. The molecule has 6 heteroatoms. The number of ether oxygens (including phenoxy) is 3. The van der Waals surface area contributed by atoms with Crippen LogP contribution in [0.1, 0.15) is 55.6 Å². The lowest BCUT2D eigenvalue weighted by Gasteiger charge is -2.20. The summed E-state index contributed by atoms with van der Waals surface area (Å²) in [5.41, 5.74) is 3.60. The van der Waals surface area contributed by atoms with Crippen LogP contribution in [0.3, 0.4) is 0 Å². The highest BCUT2D eigenvalue weighted by Crippen LogP contribution is 2.30. The fourth-order valence-electron chi connectivity index (χ4n) is 2.90. The van der Waals surface area contributed by atoms with Crippen molar-refractivity contribution < 1.29 is 23.8 Å².